The summed E-state index contributed by atoms with van der Waals surface area (Å²) >= 11 is 1.67. The molecule has 1 aromatic heterocycles. The smallest absolute Gasteiger partial charge is 0.114 e. The van der Waals surface area contributed by atoms with Gasteiger partial charge in [-0.3, -0.25) is 0 Å². The van der Waals surface area contributed by atoms with E-state index in [0.29, 0.717) is 5.56 Å². The van der Waals surface area contributed by atoms with E-state index >= 15 is 0 Å². The molecule has 0 radical (unpaired) electrons. The SMILES string of the molecule is C[NH+]1CCc2nc(SCc3ccc(C(C)(C)C)cc3)c(C#N)cc2C1. The van der Waals surface area contributed by atoms with Gasteiger partial charge in [0, 0.05) is 17.7 Å². The van der Waals surface area contributed by atoms with Crippen molar-refractivity contribution in [1.82, 2.24) is 4.98 Å². The van der Waals surface area contributed by atoms with Crippen LogP contribution in [-0.2, 0) is 24.1 Å². The number of fused-ring (bicyclic) bond motifs is 1. The van der Waals surface area contributed by atoms with Gasteiger partial charge in [0.2, 0.25) is 0 Å². The molecular weight excluding hydrogens is 326 g/mol. The lowest BCUT2D eigenvalue weighted by atomic mass is 9.87. The van der Waals surface area contributed by atoms with E-state index in [4.69, 9.17) is 4.98 Å². The normalized spacial score (nSPS) is 17.0. The van der Waals surface area contributed by atoms with Crippen LogP contribution in [0.4, 0.5) is 0 Å². The molecule has 2 heterocycles. The van der Waals surface area contributed by atoms with Gasteiger partial charge in [-0.25, -0.2) is 4.98 Å². The second-order valence-corrected chi connectivity index (χ2v) is 8.89. The molecule has 0 saturated carbocycles. The molecule has 0 amide bonds. The van der Waals surface area contributed by atoms with Crippen LogP contribution in [-0.4, -0.2) is 18.6 Å². The van der Waals surface area contributed by atoms with E-state index in [2.05, 4.69) is 64.2 Å². The average molecular weight is 353 g/mol. The summed E-state index contributed by atoms with van der Waals surface area (Å²) < 4.78 is 0. The summed E-state index contributed by atoms with van der Waals surface area (Å²) in [7, 11) is 2.19. The van der Waals surface area contributed by atoms with Gasteiger partial charge in [-0.05, 0) is 22.6 Å². The van der Waals surface area contributed by atoms with Crippen LogP contribution in [0.1, 0.15) is 48.7 Å². The van der Waals surface area contributed by atoms with Crippen molar-refractivity contribution in [1.29, 1.82) is 5.26 Å². The standard InChI is InChI=1S/C21H25N3S/c1-21(2,3)18-7-5-15(6-8-18)14-25-20-16(12-22)11-17-13-24(4)10-9-19(17)23-20/h5-8,11H,9-10,13-14H2,1-4H3/p+1. The Bertz CT molecular complexity index is 798. The topological polar surface area (TPSA) is 41.1 Å². The first-order chi connectivity index (χ1) is 11.9. The molecule has 130 valence electrons. The monoisotopic (exact) mass is 352 g/mol. The van der Waals surface area contributed by atoms with E-state index in [1.54, 1.807) is 11.8 Å². The quantitative estimate of drug-likeness (QED) is 0.863. The Kier molecular flexibility index (Phi) is 5.17. The lowest BCUT2D eigenvalue weighted by molar-refractivity contribution is -0.895. The summed E-state index contributed by atoms with van der Waals surface area (Å²) in [5, 5.41) is 10.4. The maximum absolute atomic E-state index is 9.50. The second kappa shape index (κ2) is 7.19. The molecule has 2 aromatic rings. The van der Waals surface area contributed by atoms with E-state index in [-0.39, 0.29) is 5.41 Å². The van der Waals surface area contributed by atoms with E-state index < -0.39 is 0 Å². The average Bonchev–Trinajstić information content (AvgIpc) is 2.58. The van der Waals surface area contributed by atoms with Crippen molar-refractivity contribution in [2.75, 3.05) is 13.6 Å². The molecule has 1 aromatic carbocycles. The predicted molar refractivity (Wildman–Crippen MR) is 103 cm³/mol. The fraction of sp³-hybridized carbons (Fsp3) is 0.429. The Morgan fingerprint density at radius 2 is 1.96 bits per heavy atom. The third kappa shape index (κ3) is 4.23. The summed E-state index contributed by atoms with van der Waals surface area (Å²) in [4.78, 5) is 6.30. The van der Waals surface area contributed by atoms with Crippen LogP contribution in [0.2, 0.25) is 0 Å². The highest BCUT2D eigenvalue weighted by atomic mass is 32.2. The third-order valence-electron chi connectivity index (χ3n) is 4.75. The fourth-order valence-electron chi connectivity index (χ4n) is 3.13. The number of thioether (sulfide) groups is 1. The van der Waals surface area contributed by atoms with Gasteiger partial charge in [0.15, 0.2) is 0 Å². The number of benzene rings is 1. The zero-order chi connectivity index (χ0) is 18.0. The molecule has 1 unspecified atom stereocenters. The minimum atomic E-state index is 0.175. The molecule has 3 rings (SSSR count). The molecule has 1 aliphatic rings. The number of aromatic nitrogens is 1. The molecule has 3 nitrogen and oxygen atoms in total. The zero-order valence-electron chi connectivity index (χ0n) is 15.5. The Labute approximate surface area is 155 Å². The number of likely N-dealkylation sites (N-methyl/N-ethyl adjacent to an activating group) is 1. The minimum absolute atomic E-state index is 0.175. The molecule has 1 N–H and O–H groups in total. The van der Waals surface area contributed by atoms with Crippen LogP contribution in [0.5, 0.6) is 0 Å². The first-order valence-electron chi connectivity index (χ1n) is 8.83. The highest BCUT2D eigenvalue weighted by Crippen LogP contribution is 2.28. The molecule has 0 bridgehead atoms. The van der Waals surface area contributed by atoms with E-state index in [1.807, 2.05) is 0 Å². The molecule has 0 fully saturated rings. The third-order valence-corrected chi connectivity index (χ3v) is 5.82. The van der Waals surface area contributed by atoms with Gasteiger partial charge in [0.25, 0.3) is 0 Å². The van der Waals surface area contributed by atoms with Crippen molar-refractivity contribution in [2.45, 2.75) is 49.9 Å². The number of nitriles is 1. The van der Waals surface area contributed by atoms with Gasteiger partial charge in [0.1, 0.15) is 17.6 Å². The van der Waals surface area contributed by atoms with Crippen LogP contribution in [0.15, 0.2) is 35.4 Å². The lowest BCUT2D eigenvalue weighted by Crippen LogP contribution is -3.08. The Morgan fingerprint density at radius 1 is 1.24 bits per heavy atom. The van der Waals surface area contributed by atoms with Crippen molar-refractivity contribution in [3.63, 3.8) is 0 Å². The van der Waals surface area contributed by atoms with Gasteiger partial charge >= 0.3 is 0 Å². The largest absolute Gasteiger partial charge is 0.333 e. The lowest BCUT2D eigenvalue weighted by Gasteiger charge is -2.22. The number of rotatable bonds is 3. The van der Waals surface area contributed by atoms with Crippen molar-refractivity contribution in [2.24, 2.45) is 0 Å². The summed E-state index contributed by atoms with van der Waals surface area (Å²) in [5.74, 6) is 0.843. The number of pyridine rings is 1. The summed E-state index contributed by atoms with van der Waals surface area (Å²) in [6.45, 7) is 8.77. The molecule has 0 spiro atoms. The van der Waals surface area contributed by atoms with Gasteiger partial charge in [-0.15, -0.1) is 11.8 Å². The highest BCUT2D eigenvalue weighted by Gasteiger charge is 2.20. The van der Waals surface area contributed by atoms with E-state index in [0.717, 1.165) is 30.3 Å². The Morgan fingerprint density at radius 3 is 2.60 bits per heavy atom. The van der Waals surface area contributed by atoms with Crippen molar-refractivity contribution in [3.8, 4) is 6.07 Å². The minimum Gasteiger partial charge on any atom is -0.333 e. The van der Waals surface area contributed by atoms with E-state index in [9.17, 15) is 5.26 Å². The van der Waals surface area contributed by atoms with Crippen LogP contribution in [0.25, 0.3) is 0 Å². The number of nitrogens with one attached hydrogen (secondary N) is 1. The van der Waals surface area contributed by atoms with Crippen LogP contribution in [0.3, 0.4) is 0 Å². The van der Waals surface area contributed by atoms with Crippen molar-refractivity contribution in [3.05, 3.63) is 58.3 Å². The maximum Gasteiger partial charge on any atom is 0.114 e. The maximum atomic E-state index is 9.50. The molecule has 0 saturated heterocycles. The first kappa shape index (κ1) is 18.0. The molecule has 25 heavy (non-hydrogen) atoms. The van der Waals surface area contributed by atoms with E-state index in [1.165, 1.54) is 27.3 Å². The Balaban J connectivity index is 1.76. The number of hydrogen-bond donors (Lipinski definition) is 1. The molecule has 4 heteroatoms. The molecule has 0 aliphatic carbocycles. The van der Waals surface area contributed by atoms with Crippen LogP contribution in [0, 0.1) is 11.3 Å². The van der Waals surface area contributed by atoms with Gasteiger partial charge in [-0.1, -0.05) is 45.0 Å². The van der Waals surface area contributed by atoms with Crippen molar-refractivity contribution >= 4 is 11.8 Å². The second-order valence-electron chi connectivity index (χ2n) is 7.93. The zero-order valence-corrected chi connectivity index (χ0v) is 16.3. The molecular formula is C21H26N3S+. The van der Waals surface area contributed by atoms with Crippen LogP contribution < -0.4 is 4.90 Å². The van der Waals surface area contributed by atoms with Crippen LogP contribution >= 0.6 is 11.8 Å². The highest BCUT2D eigenvalue weighted by molar-refractivity contribution is 7.98. The van der Waals surface area contributed by atoms with Gasteiger partial charge < -0.3 is 4.90 Å². The number of hydrogen-bond acceptors (Lipinski definition) is 3. The summed E-state index contributed by atoms with van der Waals surface area (Å²) in [5.41, 5.74) is 5.91. The molecule has 1 aliphatic heterocycles. The molecule has 1 atom stereocenters. The first-order valence-corrected chi connectivity index (χ1v) is 9.82. The summed E-state index contributed by atoms with van der Waals surface area (Å²) in [6.07, 6.45) is 1.00. The number of quaternary nitrogens is 1. The Hall–Kier alpha value is -1.83. The summed E-state index contributed by atoms with van der Waals surface area (Å²) in [6, 6.07) is 13.2. The predicted octanol–water partition coefficient (Wildman–Crippen LogP) is 3.11. The fourth-order valence-corrected chi connectivity index (χ4v) is 4.06. The number of nitrogens with zero attached hydrogens (tertiary/aromatic N) is 2. The van der Waals surface area contributed by atoms with Crippen molar-refractivity contribution < 1.29 is 4.90 Å². The van der Waals surface area contributed by atoms with Gasteiger partial charge in [-0.2, -0.15) is 5.26 Å². The van der Waals surface area contributed by atoms with Gasteiger partial charge in [0.05, 0.1) is 24.8 Å².